The highest BCUT2D eigenvalue weighted by molar-refractivity contribution is 6.35. The van der Waals surface area contributed by atoms with Gasteiger partial charge in [-0.2, -0.15) is 0 Å². The smallest absolute Gasteiger partial charge is 0.327 e. The van der Waals surface area contributed by atoms with Gasteiger partial charge in [0.1, 0.15) is 5.76 Å². The summed E-state index contributed by atoms with van der Waals surface area (Å²) in [7, 11) is 0. The van der Waals surface area contributed by atoms with E-state index in [4.69, 9.17) is 4.42 Å². The Labute approximate surface area is 134 Å². The van der Waals surface area contributed by atoms with Crippen LogP contribution >= 0.6 is 0 Å². The predicted octanol–water partition coefficient (Wildman–Crippen LogP) is 0.870. The average Bonchev–Trinajstić information content (AvgIpc) is 3.27. The number of hydrazine groups is 1. The van der Waals surface area contributed by atoms with Gasteiger partial charge in [-0.05, 0) is 49.1 Å². The lowest BCUT2D eigenvalue weighted by atomic mass is 9.86. The third kappa shape index (κ3) is 3.91. The van der Waals surface area contributed by atoms with E-state index in [0.717, 1.165) is 12.3 Å². The van der Waals surface area contributed by atoms with Crippen LogP contribution in [-0.4, -0.2) is 17.7 Å². The van der Waals surface area contributed by atoms with E-state index in [1.54, 1.807) is 12.1 Å². The molecule has 0 spiro atoms. The fourth-order valence-corrected chi connectivity index (χ4v) is 3.76. The number of fused-ring (bicyclic) bond motifs is 2. The maximum absolute atomic E-state index is 11.9. The molecule has 0 saturated heterocycles. The van der Waals surface area contributed by atoms with E-state index < -0.39 is 11.8 Å². The molecule has 124 valence electrons. The number of hydrogen-bond donors (Lipinski definition) is 3. The van der Waals surface area contributed by atoms with Gasteiger partial charge in [-0.3, -0.25) is 25.2 Å². The minimum absolute atomic E-state index is 0.123. The Morgan fingerprint density at radius 1 is 1.13 bits per heavy atom. The summed E-state index contributed by atoms with van der Waals surface area (Å²) in [5, 5.41) is 2.41. The number of rotatable bonds is 4. The summed E-state index contributed by atoms with van der Waals surface area (Å²) in [6.45, 7) is 0.123. The van der Waals surface area contributed by atoms with E-state index in [2.05, 4.69) is 16.2 Å². The second kappa shape index (κ2) is 6.85. The Kier molecular flexibility index (Phi) is 4.64. The summed E-state index contributed by atoms with van der Waals surface area (Å²) in [6.07, 6.45) is 6.74. The quantitative estimate of drug-likeness (QED) is 0.566. The van der Waals surface area contributed by atoms with E-state index in [1.807, 2.05) is 0 Å². The molecule has 2 aliphatic carbocycles. The van der Waals surface area contributed by atoms with E-state index >= 15 is 0 Å². The van der Waals surface area contributed by atoms with Gasteiger partial charge in [0, 0.05) is 6.42 Å². The monoisotopic (exact) mass is 319 g/mol. The minimum Gasteiger partial charge on any atom is -0.467 e. The van der Waals surface area contributed by atoms with Gasteiger partial charge >= 0.3 is 11.8 Å². The molecule has 0 aromatic carbocycles. The molecule has 3 atom stereocenters. The zero-order chi connectivity index (χ0) is 16.2. The van der Waals surface area contributed by atoms with Gasteiger partial charge in [0.2, 0.25) is 5.91 Å². The highest BCUT2D eigenvalue weighted by atomic mass is 16.3. The van der Waals surface area contributed by atoms with Gasteiger partial charge in [-0.25, -0.2) is 0 Å². The van der Waals surface area contributed by atoms with Crippen molar-refractivity contribution in [2.75, 3.05) is 0 Å². The number of nitrogens with one attached hydrogen (secondary N) is 3. The molecule has 0 radical (unpaired) electrons. The lowest BCUT2D eigenvalue weighted by molar-refractivity contribution is -0.141. The van der Waals surface area contributed by atoms with Gasteiger partial charge < -0.3 is 9.73 Å². The molecule has 2 bridgehead atoms. The topological polar surface area (TPSA) is 100 Å². The van der Waals surface area contributed by atoms with Crippen molar-refractivity contribution >= 4 is 17.7 Å². The molecule has 0 unspecified atom stereocenters. The van der Waals surface area contributed by atoms with Crippen LogP contribution in [-0.2, 0) is 20.9 Å². The van der Waals surface area contributed by atoms with Gasteiger partial charge in [0.15, 0.2) is 0 Å². The summed E-state index contributed by atoms with van der Waals surface area (Å²) in [4.78, 5) is 35.1. The molecule has 2 aliphatic rings. The Morgan fingerprint density at radius 2 is 2.00 bits per heavy atom. The van der Waals surface area contributed by atoms with Gasteiger partial charge in [-0.15, -0.1) is 0 Å². The second-order valence-corrected chi connectivity index (χ2v) is 6.40. The van der Waals surface area contributed by atoms with E-state index in [9.17, 15) is 14.4 Å². The molecule has 23 heavy (non-hydrogen) atoms. The highest BCUT2D eigenvalue weighted by Gasteiger charge is 2.40. The fourth-order valence-electron chi connectivity index (χ4n) is 3.76. The highest BCUT2D eigenvalue weighted by Crippen LogP contribution is 2.49. The van der Waals surface area contributed by atoms with Crippen LogP contribution in [0.5, 0.6) is 0 Å². The van der Waals surface area contributed by atoms with Crippen molar-refractivity contribution in [2.24, 2.45) is 17.8 Å². The average molecular weight is 319 g/mol. The molecule has 1 aromatic rings. The van der Waals surface area contributed by atoms with Crippen LogP contribution in [0.25, 0.3) is 0 Å². The zero-order valence-corrected chi connectivity index (χ0v) is 12.8. The van der Waals surface area contributed by atoms with Crippen molar-refractivity contribution < 1.29 is 18.8 Å². The number of amides is 3. The first-order valence-corrected chi connectivity index (χ1v) is 8.01. The van der Waals surface area contributed by atoms with Crippen LogP contribution in [0, 0.1) is 17.8 Å². The summed E-state index contributed by atoms with van der Waals surface area (Å²) in [5.74, 6) is 0.442. The molecule has 7 heteroatoms. The van der Waals surface area contributed by atoms with E-state index in [1.165, 1.54) is 25.5 Å². The second-order valence-electron chi connectivity index (χ2n) is 6.40. The van der Waals surface area contributed by atoms with Gasteiger partial charge in [0.05, 0.1) is 12.8 Å². The van der Waals surface area contributed by atoms with Crippen molar-refractivity contribution in [1.82, 2.24) is 16.2 Å². The Morgan fingerprint density at radius 3 is 2.65 bits per heavy atom. The number of hydrogen-bond acceptors (Lipinski definition) is 4. The first kappa shape index (κ1) is 15.6. The summed E-state index contributed by atoms with van der Waals surface area (Å²) >= 11 is 0. The Balaban J connectivity index is 1.34. The molecule has 2 saturated carbocycles. The molecule has 3 N–H and O–H groups in total. The van der Waals surface area contributed by atoms with Crippen LogP contribution in [0.2, 0.25) is 0 Å². The van der Waals surface area contributed by atoms with Crippen molar-refractivity contribution in [3.63, 3.8) is 0 Å². The SMILES string of the molecule is O=C(C[C@@H]1C[C@H]2CC[C@@H]1C2)NNC(=O)C(=O)NCc1ccco1. The normalized spacial score (nSPS) is 25.1. The fraction of sp³-hybridized carbons (Fsp3) is 0.562. The summed E-state index contributed by atoms with van der Waals surface area (Å²) < 4.78 is 5.04. The molecule has 3 rings (SSSR count). The van der Waals surface area contributed by atoms with Crippen LogP contribution in [0.1, 0.15) is 37.9 Å². The number of carbonyl (C=O) groups excluding carboxylic acids is 3. The van der Waals surface area contributed by atoms with Gasteiger partial charge in [0.25, 0.3) is 0 Å². The van der Waals surface area contributed by atoms with Crippen LogP contribution in [0.3, 0.4) is 0 Å². The molecule has 3 amide bonds. The van der Waals surface area contributed by atoms with E-state index in [-0.39, 0.29) is 12.5 Å². The molecule has 1 heterocycles. The van der Waals surface area contributed by atoms with Crippen molar-refractivity contribution in [1.29, 1.82) is 0 Å². The largest absolute Gasteiger partial charge is 0.467 e. The van der Waals surface area contributed by atoms with Crippen LogP contribution in [0.15, 0.2) is 22.8 Å². The molecule has 7 nitrogen and oxygen atoms in total. The Bertz CT molecular complexity index is 584. The molecule has 1 aromatic heterocycles. The maximum atomic E-state index is 11.9. The van der Waals surface area contributed by atoms with Crippen LogP contribution in [0.4, 0.5) is 0 Å². The first-order valence-electron chi connectivity index (χ1n) is 8.01. The minimum atomic E-state index is -0.891. The lowest BCUT2D eigenvalue weighted by Gasteiger charge is -2.20. The molecule has 0 aliphatic heterocycles. The van der Waals surface area contributed by atoms with E-state index in [0.29, 0.717) is 24.0 Å². The third-order valence-corrected chi connectivity index (χ3v) is 4.86. The number of furan rings is 1. The van der Waals surface area contributed by atoms with Crippen molar-refractivity contribution in [3.05, 3.63) is 24.2 Å². The first-order chi connectivity index (χ1) is 11.1. The van der Waals surface area contributed by atoms with Gasteiger partial charge in [-0.1, -0.05) is 6.42 Å². The standard InChI is InChI=1S/C16H21N3O4/c20-14(8-12-7-10-3-4-11(12)6-10)18-19-16(22)15(21)17-9-13-2-1-5-23-13/h1-2,5,10-12H,3-4,6-9H2,(H,17,21)(H,18,20)(H,19,22)/t10-,11+,12-/m0/s1. The van der Waals surface area contributed by atoms with Crippen LogP contribution < -0.4 is 16.2 Å². The maximum Gasteiger partial charge on any atom is 0.327 e. The molecule has 2 fully saturated rings. The lowest BCUT2D eigenvalue weighted by Crippen LogP contribution is -2.48. The summed E-state index contributed by atoms with van der Waals surface area (Å²) in [6, 6.07) is 3.38. The van der Waals surface area contributed by atoms with Crippen molar-refractivity contribution in [2.45, 2.75) is 38.6 Å². The molecular weight excluding hydrogens is 298 g/mol. The third-order valence-electron chi connectivity index (χ3n) is 4.86. The number of carbonyl (C=O) groups is 3. The molecular formula is C16H21N3O4. The Hall–Kier alpha value is -2.31. The van der Waals surface area contributed by atoms with Crippen molar-refractivity contribution in [3.8, 4) is 0 Å². The zero-order valence-electron chi connectivity index (χ0n) is 12.8. The predicted molar refractivity (Wildman–Crippen MR) is 80.4 cm³/mol. The summed E-state index contributed by atoms with van der Waals surface area (Å²) in [5.41, 5.74) is 4.47.